The number of hydrogen-bond donors (Lipinski definition) is 1. The second kappa shape index (κ2) is 9.51. The highest BCUT2D eigenvalue weighted by Gasteiger charge is 2.01. The molecule has 4 nitrogen and oxygen atoms in total. The van der Waals surface area contributed by atoms with Crippen LogP contribution in [0, 0.1) is 6.92 Å². The summed E-state index contributed by atoms with van der Waals surface area (Å²) in [5.74, 6) is 1.68. The summed E-state index contributed by atoms with van der Waals surface area (Å²) in [6, 6.07) is 17.5. The average molecular weight is 313 g/mol. The van der Waals surface area contributed by atoms with Crippen LogP contribution in [0.15, 0.2) is 54.6 Å². The van der Waals surface area contributed by atoms with E-state index in [0.29, 0.717) is 32.6 Å². The van der Waals surface area contributed by atoms with Gasteiger partial charge in [-0.3, -0.25) is 4.79 Å². The number of ether oxygens (including phenoxy) is 2. The van der Waals surface area contributed by atoms with Crippen molar-refractivity contribution in [2.45, 2.75) is 19.8 Å². The molecule has 1 amide bonds. The zero-order valence-corrected chi connectivity index (χ0v) is 13.5. The van der Waals surface area contributed by atoms with Gasteiger partial charge in [0.05, 0.1) is 13.2 Å². The second-order valence-electron chi connectivity index (χ2n) is 5.28. The van der Waals surface area contributed by atoms with Gasteiger partial charge >= 0.3 is 0 Å². The van der Waals surface area contributed by atoms with Crippen molar-refractivity contribution < 1.29 is 14.3 Å². The quantitative estimate of drug-likeness (QED) is 0.722. The van der Waals surface area contributed by atoms with E-state index >= 15 is 0 Å². The SMILES string of the molecule is Cc1cccc(OCCCC(=O)NCCOc2ccccc2)c1. The number of aryl methyl sites for hydroxylation is 1. The summed E-state index contributed by atoms with van der Waals surface area (Å²) in [5.41, 5.74) is 1.17. The summed E-state index contributed by atoms with van der Waals surface area (Å²) in [5, 5.41) is 2.84. The lowest BCUT2D eigenvalue weighted by Gasteiger charge is -2.08. The van der Waals surface area contributed by atoms with Crippen molar-refractivity contribution in [2.24, 2.45) is 0 Å². The summed E-state index contributed by atoms with van der Waals surface area (Å²) in [6.45, 7) is 3.54. The minimum Gasteiger partial charge on any atom is -0.494 e. The number of para-hydroxylation sites is 1. The molecular weight excluding hydrogens is 290 g/mol. The lowest BCUT2D eigenvalue weighted by atomic mass is 10.2. The van der Waals surface area contributed by atoms with Gasteiger partial charge in [-0.2, -0.15) is 0 Å². The Morgan fingerprint density at radius 3 is 2.48 bits per heavy atom. The molecule has 0 saturated carbocycles. The number of carbonyl (C=O) groups is 1. The minimum absolute atomic E-state index is 0.0227. The molecule has 0 atom stereocenters. The van der Waals surface area contributed by atoms with Gasteiger partial charge in [-0.25, -0.2) is 0 Å². The maximum atomic E-state index is 11.7. The van der Waals surface area contributed by atoms with Crippen LogP contribution in [0.3, 0.4) is 0 Å². The highest BCUT2D eigenvalue weighted by Crippen LogP contribution is 2.12. The summed E-state index contributed by atoms with van der Waals surface area (Å²) in [7, 11) is 0. The van der Waals surface area contributed by atoms with Gasteiger partial charge in [-0.1, -0.05) is 30.3 Å². The molecule has 0 aliphatic rings. The number of benzene rings is 2. The summed E-state index contributed by atoms with van der Waals surface area (Å²) in [6.07, 6.45) is 1.15. The van der Waals surface area contributed by atoms with Gasteiger partial charge in [0.2, 0.25) is 5.91 Å². The number of carbonyl (C=O) groups excluding carboxylic acids is 1. The van der Waals surface area contributed by atoms with E-state index in [-0.39, 0.29) is 5.91 Å². The van der Waals surface area contributed by atoms with E-state index in [2.05, 4.69) is 5.32 Å². The maximum absolute atomic E-state index is 11.7. The third-order valence-corrected chi connectivity index (χ3v) is 3.24. The van der Waals surface area contributed by atoms with E-state index in [9.17, 15) is 4.79 Å². The molecule has 0 bridgehead atoms. The van der Waals surface area contributed by atoms with Crippen LogP contribution in [-0.2, 0) is 4.79 Å². The first kappa shape index (κ1) is 16.9. The molecule has 0 fully saturated rings. The predicted molar refractivity (Wildman–Crippen MR) is 90.9 cm³/mol. The Morgan fingerprint density at radius 2 is 1.70 bits per heavy atom. The third-order valence-electron chi connectivity index (χ3n) is 3.24. The molecule has 2 rings (SSSR count). The molecule has 0 saturated heterocycles. The molecule has 0 aliphatic heterocycles. The van der Waals surface area contributed by atoms with Crippen LogP contribution in [-0.4, -0.2) is 25.7 Å². The van der Waals surface area contributed by atoms with E-state index in [1.807, 2.05) is 61.5 Å². The molecule has 0 heterocycles. The molecule has 23 heavy (non-hydrogen) atoms. The van der Waals surface area contributed by atoms with Crippen molar-refractivity contribution in [1.29, 1.82) is 0 Å². The Kier molecular flexibility index (Phi) is 6.98. The fourth-order valence-electron chi connectivity index (χ4n) is 2.09. The zero-order chi connectivity index (χ0) is 16.3. The van der Waals surface area contributed by atoms with Gasteiger partial charge in [0.1, 0.15) is 18.1 Å². The Balaban J connectivity index is 1.52. The molecular formula is C19H23NO3. The number of amides is 1. The van der Waals surface area contributed by atoms with Gasteiger partial charge in [0, 0.05) is 6.42 Å². The molecule has 1 N–H and O–H groups in total. The molecule has 2 aromatic carbocycles. The minimum atomic E-state index is 0.0227. The van der Waals surface area contributed by atoms with Crippen molar-refractivity contribution in [1.82, 2.24) is 5.32 Å². The number of nitrogens with one attached hydrogen (secondary N) is 1. The highest BCUT2D eigenvalue weighted by atomic mass is 16.5. The van der Waals surface area contributed by atoms with Crippen LogP contribution in [0.1, 0.15) is 18.4 Å². The molecule has 0 aliphatic carbocycles. The van der Waals surface area contributed by atoms with Gasteiger partial charge in [-0.05, 0) is 43.2 Å². The number of rotatable bonds is 9. The van der Waals surface area contributed by atoms with Crippen molar-refractivity contribution in [3.63, 3.8) is 0 Å². The van der Waals surface area contributed by atoms with E-state index in [1.54, 1.807) is 0 Å². The highest BCUT2D eigenvalue weighted by molar-refractivity contribution is 5.75. The van der Waals surface area contributed by atoms with Crippen LogP contribution in [0.2, 0.25) is 0 Å². The van der Waals surface area contributed by atoms with Crippen molar-refractivity contribution in [2.75, 3.05) is 19.8 Å². The van der Waals surface area contributed by atoms with Gasteiger partial charge < -0.3 is 14.8 Å². The van der Waals surface area contributed by atoms with Crippen molar-refractivity contribution in [3.05, 3.63) is 60.2 Å². The van der Waals surface area contributed by atoms with E-state index < -0.39 is 0 Å². The lowest BCUT2D eigenvalue weighted by Crippen LogP contribution is -2.28. The van der Waals surface area contributed by atoms with Crippen LogP contribution >= 0.6 is 0 Å². The fourth-order valence-corrected chi connectivity index (χ4v) is 2.09. The first-order valence-corrected chi connectivity index (χ1v) is 7.88. The fraction of sp³-hybridized carbons (Fsp3) is 0.316. The van der Waals surface area contributed by atoms with E-state index in [4.69, 9.17) is 9.47 Å². The monoisotopic (exact) mass is 313 g/mol. The topological polar surface area (TPSA) is 47.6 Å². The Hall–Kier alpha value is -2.49. The van der Waals surface area contributed by atoms with Crippen molar-refractivity contribution >= 4 is 5.91 Å². The molecule has 0 unspecified atom stereocenters. The maximum Gasteiger partial charge on any atom is 0.220 e. The standard InChI is InChI=1S/C19H23NO3/c1-16-7-5-10-18(15-16)22-13-6-11-19(21)20-12-14-23-17-8-3-2-4-9-17/h2-5,7-10,15H,6,11-14H2,1H3,(H,20,21). The molecule has 2 aromatic rings. The lowest BCUT2D eigenvalue weighted by molar-refractivity contribution is -0.121. The first-order valence-electron chi connectivity index (χ1n) is 7.88. The average Bonchev–Trinajstić information content (AvgIpc) is 2.57. The zero-order valence-electron chi connectivity index (χ0n) is 13.5. The van der Waals surface area contributed by atoms with E-state index in [0.717, 1.165) is 11.5 Å². The summed E-state index contributed by atoms with van der Waals surface area (Å²) in [4.78, 5) is 11.7. The molecule has 122 valence electrons. The van der Waals surface area contributed by atoms with Crippen molar-refractivity contribution in [3.8, 4) is 11.5 Å². The van der Waals surface area contributed by atoms with Gasteiger partial charge in [0.15, 0.2) is 0 Å². The largest absolute Gasteiger partial charge is 0.494 e. The van der Waals surface area contributed by atoms with Gasteiger partial charge in [-0.15, -0.1) is 0 Å². The van der Waals surface area contributed by atoms with E-state index in [1.165, 1.54) is 5.56 Å². The molecule has 4 heteroatoms. The molecule has 0 aromatic heterocycles. The Bertz CT molecular complexity index is 599. The predicted octanol–water partition coefficient (Wildman–Crippen LogP) is 3.35. The Labute approximate surface area is 137 Å². The smallest absolute Gasteiger partial charge is 0.220 e. The van der Waals surface area contributed by atoms with Crippen LogP contribution in [0.25, 0.3) is 0 Å². The summed E-state index contributed by atoms with van der Waals surface area (Å²) < 4.78 is 11.1. The summed E-state index contributed by atoms with van der Waals surface area (Å²) >= 11 is 0. The first-order chi connectivity index (χ1) is 11.2. The normalized spacial score (nSPS) is 10.1. The van der Waals surface area contributed by atoms with Crippen LogP contribution < -0.4 is 14.8 Å². The Morgan fingerprint density at radius 1 is 0.957 bits per heavy atom. The van der Waals surface area contributed by atoms with Crippen LogP contribution in [0.4, 0.5) is 0 Å². The van der Waals surface area contributed by atoms with Gasteiger partial charge in [0.25, 0.3) is 0 Å². The second-order valence-corrected chi connectivity index (χ2v) is 5.28. The number of hydrogen-bond acceptors (Lipinski definition) is 3. The third kappa shape index (κ3) is 6.87. The van der Waals surface area contributed by atoms with Crippen LogP contribution in [0.5, 0.6) is 11.5 Å². The molecule has 0 spiro atoms. The molecule has 0 radical (unpaired) electrons.